The molecule has 1 fully saturated rings. The maximum absolute atomic E-state index is 12.2. The number of halogens is 2. The van der Waals surface area contributed by atoms with Crippen LogP contribution < -0.4 is 5.32 Å². The first-order valence-electron chi connectivity index (χ1n) is 7.31. The highest BCUT2D eigenvalue weighted by atomic mass is 35.5. The Balaban J connectivity index is 1.53. The second-order valence-corrected chi connectivity index (χ2v) is 6.81. The predicted octanol–water partition coefficient (Wildman–Crippen LogP) is 3.25. The van der Waals surface area contributed by atoms with Crippen molar-refractivity contribution in [3.05, 3.63) is 44.4 Å². The summed E-state index contributed by atoms with van der Waals surface area (Å²) in [5.41, 5.74) is 0.953. The van der Waals surface area contributed by atoms with E-state index < -0.39 is 0 Å². The zero-order valence-electron chi connectivity index (χ0n) is 12.5. The summed E-state index contributed by atoms with van der Waals surface area (Å²) in [6.45, 7) is 0.527. The summed E-state index contributed by atoms with van der Waals surface area (Å²) < 4.78 is 2.37. The van der Waals surface area contributed by atoms with Gasteiger partial charge in [-0.3, -0.25) is 9.89 Å². The quantitative estimate of drug-likeness (QED) is 0.794. The molecular weight excluding hydrogens is 355 g/mol. The van der Waals surface area contributed by atoms with Crippen LogP contribution in [0.15, 0.2) is 18.2 Å². The average Bonchev–Trinajstić information content (AvgIpc) is 3.26. The topological polar surface area (TPSA) is 62.7 Å². The first-order chi connectivity index (χ1) is 11.0. The fraction of sp³-hybridized carbons (Fsp3) is 0.400. The van der Waals surface area contributed by atoms with E-state index >= 15 is 0 Å². The zero-order valence-corrected chi connectivity index (χ0v) is 14.8. The van der Waals surface area contributed by atoms with Crippen molar-refractivity contribution in [3.8, 4) is 0 Å². The Bertz CT molecular complexity index is 801. The van der Waals surface area contributed by atoms with Crippen molar-refractivity contribution in [1.82, 2.24) is 20.1 Å². The lowest BCUT2D eigenvalue weighted by atomic mass is 10.1. The Morgan fingerprint density at radius 1 is 1.52 bits per heavy atom. The maximum Gasteiger partial charge on any atom is 0.223 e. The Morgan fingerprint density at radius 2 is 2.30 bits per heavy atom. The Kier molecular flexibility index (Phi) is 4.75. The number of carbonyl (C=O) groups excluding carboxylic acids is 1. The molecule has 2 atom stereocenters. The van der Waals surface area contributed by atoms with Crippen LogP contribution in [0.3, 0.4) is 0 Å². The number of hydrogen-bond acceptors (Lipinski definition) is 3. The summed E-state index contributed by atoms with van der Waals surface area (Å²) >= 11 is 17.3. The highest BCUT2D eigenvalue weighted by Gasteiger charge is 2.44. The molecule has 2 N–H and O–H groups in total. The third kappa shape index (κ3) is 3.44. The lowest BCUT2D eigenvalue weighted by Gasteiger charge is -2.06. The molecule has 0 radical (unpaired) electrons. The molecule has 0 aliphatic heterocycles. The van der Waals surface area contributed by atoms with Gasteiger partial charge in [-0.2, -0.15) is 5.10 Å². The molecule has 8 heteroatoms. The molecule has 1 aliphatic carbocycles. The molecule has 1 aromatic carbocycles. The molecule has 122 valence electrons. The van der Waals surface area contributed by atoms with Gasteiger partial charge in [0.2, 0.25) is 5.91 Å². The fourth-order valence-corrected chi connectivity index (χ4v) is 3.27. The summed E-state index contributed by atoms with van der Waals surface area (Å²) in [6, 6.07) is 5.55. The van der Waals surface area contributed by atoms with Crippen LogP contribution in [0.2, 0.25) is 10.0 Å². The first-order valence-corrected chi connectivity index (χ1v) is 8.47. The summed E-state index contributed by atoms with van der Waals surface area (Å²) in [6.07, 6.45) is 1.43. The van der Waals surface area contributed by atoms with Gasteiger partial charge in [-0.05, 0) is 36.2 Å². The minimum absolute atomic E-state index is 0.0339. The lowest BCUT2D eigenvalue weighted by Crippen LogP contribution is -2.28. The molecule has 23 heavy (non-hydrogen) atoms. The fourth-order valence-electron chi connectivity index (χ4n) is 2.67. The molecule has 0 spiro atoms. The summed E-state index contributed by atoms with van der Waals surface area (Å²) in [5, 5.41) is 10.9. The van der Waals surface area contributed by atoms with Crippen molar-refractivity contribution < 1.29 is 4.79 Å². The van der Waals surface area contributed by atoms with Crippen molar-refractivity contribution in [1.29, 1.82) is 0 Å². The Morgan fingerprint density at radius 3 is 3.00 bits per heavy atom. The molecule has 1 saturated carbocycles. The summed E-state index contributed by atoms with van der Waals surface area (Å²) in [5.74, 6) is 0.985. The largest absolute Gasteiger partial charge is 0.355 e. The highest BCUT2D eigenvalue weighted by Crippen LogP contribution is 2.50. The molecular formula is C15H16Cl2N4OS. The number of benzene rings is 1. The van der Waals surface area contributed by atoms with Crippen LogP contribution in [0.4, 0.5) is 0 Å². The molecule has 1 amide bonds. The minimum Gasteiger partial charge on any atom is -0.355 e. The van der Waals surface area contributed by atoms with E-state index in [-0.39, 0.29) is 17.7 Å². The van der Waals surface area contributed by atoms with Gasteiger partial charge < -0.3 is 9.88 Å². The third-order valence-electron chi connectivity index (χ3n) is 4.13. The van der Waals surface area contributed by atoms with Gasteiger partial charge in [0.1, 0.15) is 5.82 Å². The number of rotatable bonds is 5. The number of hydrogen-bond donors (Lipinski definition) is 2. The van der Waals surface area contributed by atoms with Gasteiger partial charge in [0.25, 0.3) is 0 Å². The smallest absolute Gasteiger partial charge is 0.223 e. The number of nitrogens with zero attached hydrogens (tertiary/aromatic N) is 2. The molecule has 0 bridgehead atoms. The molecule has 1 aliphatic rings. The SMILES string of the molecule is Cn1c(CCNC(=O)C2CC2c2cccc(Cl)c2Cl)n[nH]c1=S. The molecule has 1 aromatic heterocycles. The summed E-state index contributed by atoms with van der Waals surface area (Å²) in [4.78, 5) is 12.2. The maximum atomic E-state index is 12.2. The number of aromatic amines is 1. The molecule has 1 heterocycles. The summed E-state index contributed by atoms with van der Waals surface area (Å²) in [7, 11) is 1.85. The van der Waals surface area contributed by atoms with E-state index in [0.29, 0.717) is 27.8 Å². The van der Waals surface area contributed by atoms with E-state index in [1.54, 1.807) is 10.6 Å². The van der Waals surface area contributed by atoms with E-state index in [0.717, 1.165) is 17.8 Å². The second-order valence-electron chi connectivity index (χ2n) is 5.64. The van der Waals surface area contributed by atoms with Gasteiger partial charge in [-0.15, -0.1) is 0 Å². The van der Waals surface area contributed by atoms with Crippen molar-refractivity contribution in [2.45, 2.75) is 18.8 Å². The monoisotopic (exact) mass is 370 g/mol. The van der Waals surface area contributed by atoms with E-state index in [1.807, 2.05) is 19.2 Å². The van der Waals surface area contributed by atoms with Crippen molar-refractivity contribution in [2.75, 3.05) is 6.54 Å². The first kappa shape index (κ1) is 16.5. The van der Waals surface area contributed by atoms with E-state index in [4.69, 9.17) is 35.4 Å². The third-order valence-corrected chi connectivity index (χ3v) is 5.33. The predicted molar refractivity (Wildman–Crippen MR) is 92.4 cm³/mol. The minimum atomic E-state index is -0.0339. The molecule has 2 unspecified atom stereocenters. The number of nitrogens with one attached hydrogen (secondary N) is 2. The second kappa shape index (κ2) is 6.63. The highest BCUT2D eigenvalue weighted by molar-refractivity contribution is 7.71. The van der Waals surface area contributed by atoms with Crippen LogP contribution in [-0.2, 0) is 18.3 Å². The standard InChI is InChI=1S/C15H16Cl2N4OS/c1-21-12(19-20-15(21)23)5-6-18-14(22)10-7-9(10)8-3-2-4-11(16)13(8)17/h2-4,9-10H,5-7H2,1H3,(H,18,22)(H,20,23). The van der Waals surface area contributed by atoms with Crippen LogP contribution in [0.1, 0.15) is 23.7 Å². The molecule has 2 aromatic rings. The lowest BCUT2D eigenvalue weighted by molar-refractivity contribution is -0.122. The molecule has 5 nitrogen and oxygen atoms in total. The number of carbonyl (C=O) groups is 1. The van der Waals surface area contributed by atoms with Gasteiger partial charge in [0.15, 0.2) is 4.77 Å². The van der Waals surface area contributed by atoms with Crippen molar-refractivity contribution in [3.63, 3.8) is 0 Å². The van der Waals surface area contributed by atoms with E-state index in [2.05, 4.69) is 15.5 Å². The van der Waals surface area contributed by atoms with Gasteiger partial charge in [0.05, 0.1) is 10.0 Å². The van der Waals surface area contributed by atoms with Crippen LogP contribution in [0.25, 0.3) is 0 Å². The van der Waals surface area contributed by atoms with Gasteiger partial charge >= 0.3 is 0 Å². The van der Waals surface area contributed by atoms with Crippen LogP contribution in [-0.4, -0.2) is 27.2 Å². The number of aromatic nitrogens is 3. The van der Waals surface area contributed by atoms with Crippen LogP contribution >= 0.6 is 35.4 Å². The molecule has 0 saturated heterocycles. The Hall–Kier alpha value is -1.37. The molecule has 3 rings (SSSR count). The van der Waals surface area contributed by atoms with Crippen molar-refractivity contribution in [2.24, 2.45) is 13.0 Å². The number of H-pyrrole nitrogens is 1. The van der Waals surface area contributed by atoms with Gasteiger partial charge in [-0.25, -0.2) is 0 Å². The van der Waals surface area contributed by atoms with Gasteiger partial charge in [-0.1, -0.05) is 35.3 Å². The van der Waals surface area contributed by atoms with Gasteiger partial charge in [0, 0.05) is 25.9 Å². The number of amides is 1. The normalized spacial score (nSPS) is 19.6. The Labute approximate surface area is 149 Å². The zero-order chi connectivity index (χ0) is 16.6. The average molecular weight is 371 g/mol. The van der Waals surface area contributed by atoms with Crippen molar-refractivity contribution >= 4 is 41.3 Å². The van der Waals surface area contributed by atoms with E-state index in [1.165, 1.54) is 0 Å². The van der Waals surface area contributed by atoms with Crippen LogP contribution in [0.5, 0.6) is 0 Å². The van der Waals surface area contributed by atoms with Crippen LogP contribution in [0, 0.1) is 10.7 Å². The van der Waals surface area contributed by atoms with E-state index in [9.17, 15) is 4.79 Å².